The monoisotopic (exact) mass is 311 g/mol. The first kappa shape index (κ1) is 15.9. The van der Waals surface area contributed by atoms with Gasteiger partial charge in [0.25, 0.3) is 0 Å². The molecule has 1 atom stereocenters. The molecule has 3 rings (SSSR count). The van der Waals surface area contributed by atoms with E-state index in [1.807, 2.05) is 12.1 Å². The molecule has 122 valence electrons. The standard InChI is InChI=1S/C20H25NO2/c1-15(2)21(14-16-7-5-4-6-8-16)19-11-12-23-20-10-9-17(22-3)13-18(19)20/h4-10,13,15,19H,11-12,14H2,1-3H3. The smallest absolute Gasteiger partial charge is 0.124 e. The first-order chi connectivity index (χ1) is 11.2. The van der Waals surface area contributed by atoms with Crippen LogP contribution in [0.15, 0.2) is 48.5 Å². The second-order valence-corrected chi connectivity index (χ2v) is 6.31. The Morgan fingerprint density at radius 2 is 1.96 bits per heavy atom. The molecule has 0 fully saturated rings. The summed E-state index contributed by atoms with van der Waals surface area (Å²) in [5, 5.41) is 0. The first-order valence-corrected chi connectivity index (χ1v) is 8.29. The van der Waals surface area contributed by atoms with Crippen LogP contribution in [0, 0.1) is 0 Å². The fraction of sp³-hybridized carbons (Fsp3) is 0.400. The third-order valence-corrected chi connectivity index (χ3v) is 4.50. The average molecular weight is 311 g/mol. The molecule has 0 spiro atoms. The van der Waals surface area contributed by atoms with Crippen molar-refractivity contribution < 1.29 is 9.47 Å². The van der Waals surface area contributed by atoms with Crippen LogP contribution in [0.25, 0.3) is 0 Å². The molecular weight excluding hydrogens is 286 g/mol. The van der Waals surface area contributed by atoms with Crippen molar-refractivity contribution in [2.45, 2.75) is 38.9 Å². The summed E-state index contributed by atoms with van der Waals surface area (Å²) in [4.78, 5) is 2.55. The minimum atomic E-state index is 0.356. The molecule has 1 aliphatic rings. The maximum Gasteiger partial charge on any atom is 0.124 e. The summed E-state index contributed by atoms with van der Waals surface area (Å²) in [6.45, 7) is 6.23. The van der Waals surface area contributed by atoms with Gasteiger partial charge in [-0.1, -0.05) is 30.3 Å². The number of benzene rings is 2. The van der Waals surface area contributed by atoms with E-state index >= 15 is 0 Å². The quantitative estimate of drug-likeness (QED) is 0.815. The van der Waals surface area contributed by atoms with Crippen LogP contribution in [0.1, 0.15) is 37.4 Å². The van der Waals surface area contributed by atoms with Crippen molar-refractivity contribution in [1.82, 2.24) is 4.90 Å². The van der Waals surface area contributed by atoms with Crippen LogP contribution < -0.4 is 9.47 Å². The Hall–Kier alpha value is -2.00. The molecular formula is C20H25NO2. The maximum absolute atomic E-state index is 5.85. The second kappa shape index (κ2) is 7.05. The van der Waals surface area contributed by atoms with E-state index in [2.05, 4.69) is 55.1 Å². The molecule has 3 heteroatoms. The van der Waals surface area contributed by atoms with Gasteiger partial charge in [-0.2, -0.15) is 0 Å². The zero-order chi connectivity index (χ0) is 16.2. The number of ether oxygens (including phenoxy) is 2. The number of methoxy groups -OCH3 is 1. The maximum atomic E-state index is 5.85. The third kappa shape index (κ3) is 3.50. The Morgan fingerprint density at radius 1 is 1.17 bits per heavy atom. The van der Waals surface area contributed by atoms with E-state index in [4.69, 9.17) is 9.47 Å². The van der Waals surface area contributed by atoms with Gasteiger partial charge in [-0.25, -0.2) is 0 Å². The van der Waals surface area contributed by atoms with Crippen LogP contribution in [-0.4, -0.2) is 24.7 Å². The Morgan fingerprint density at radius 3 is 2.65 bits per heavy atom. The van der Waals surface area contributed by atoms with Crippen molar-refractivity contribution in [3.8, 4) is 11.5 Å². The fourth-order valence-corrected chi connectivity index (χ4v) is 3.27. The van der Waals surface area contributed by atoms with Crippen molar-refractivity contribution in [3.63, 3.8) is 0 Å². The molecule has 1 unspecified atom stereocenters. The van der Waals surface area contributed by atoms with E-state index in [0.717, 1.165) is 31.1 Å². The van der Waals surface area contributed by atoms with Crippen molar-refractivity contribution >= 4 is 0 Å². The van der Waals surface area contributed by atoms with Crippen molar-refractivity contribution in [1.29, 1.82) is 0 Å². The minimum absolute atomic E-state index is 0.356. The van der Waals surface area contributed by atoms with Gasteiger partial charge in [-0.05, 0) is 37.6 Å². The largest absolute Gasteiger partial charge is 0.497 e. The van der Waals surface area contributed by atoms with Gasteiger partial charge in [-0.3, -0.25) is 4.90 Å². The second-order valence-electron chi connectivity index (χ2n) is 6.31. The van der Waals surface area contributed by atoms with Crippen LogP contribution in [-0.2, 0) is 6.54 Å². The van der Waals surface area contributed by atoms with E-state index in [9.17, 15) is 0 Å². The Labute approximate surface area is 138 Å². The molecule has 0 N–H and O–H groups in total. The molecule has 0 bridgehead atoms. The highest BCUT2D eigenvalue weighted by molar-refractivity contribution is 5.43. The van der Waals surface area contributed by atoms with E-state index in [1.54, 1.807) is 7.11 Å². The van der Waals surface area contributed by atoms with Gasteiger partial charge < -0.3 is 9.47 Å². The molecule has 0 saturated carbocycles. The van der Waals surface area contributed by atoms with E-state index in [0.29, 0.717) is 12.1 Å². The minimum Gasteiger partial charge on any atom is -0.497 e. The molecule has 1 heterocycles. The van der Waals surface area contributed by atoms with Gasteiger partial charge >= 0.3 is 0 Å². The highest BCUT2D eigenvalue weighted by Gasteiger charge is 2.29. The summed E-state index contributed by atoms with van der Waals surface area (Å²) in [6, 6.07) is 17.6. The first-order valence-electron chi connectivity index (χ1n) is 8.29. The molecule has 23 heavy (non-hydrogen) atoms. The molecule has 2 aromatic carbocycles. The summed E-state index contributed by atoms with van der Waals surface area (Å²) < 4.78 is 11.3. The van der Waals surface area contributed by atoms with Crippen molar-refractivity contribution in [2.24, 2.45) is 0 Å². The number of hydrogen-bond acceptors (Lipinski definition) is 3. The molecule has 0 aliphatic carbocycles. The summed E-state index contributed by atoms with van der Waals surface area (Å²) in [5.41, 5.74) is 2.58. The van der Waals surface area contributed by atoms with E-state index < -0.39 is 0 Å². The van der Waals surface area contributed by atoms with Crippen LogP contribution in [0.3, 0.4) is 0 Å². The molecule has 0 aromatic heterocycles. The van der Waals surface area contributed by atoms with Crippen LogP contribution in [0.5, 0.6) is 11.5 Å². The predicted octanol–water partition coefficient (Wildman–Crippen LogP) is 4.43. The van der Waals surface area contributed by atoms with Crippen molar-refractivity contribution in [3.05, 3.63) is 59.7 Å². The van der Waals surface area contributed by atoms with Gasteiger partial charge in [0, 0.05) is 30.6 Å². The van der Waals surface area contributed by atoms with Crippen LogP contribution in [0.4, 0.5) is 0 Å². The van der Waals surface area contributed by atoms with Gasteiger partial charge in [0.05, 0.1) is 13.7 Å². The fourth-order valence-electron chi connectivity index (χ4n) is 3.27. The highest BCUT2D eigenvalue weighted by atomic mass is 16.5. The molecule has 0 radical (unpaired) electrons. The topological polar surface area (TPSA) is 21.7 Å². The lowest BCUT2D eigenvalue weighted by molar-refractivity contribution is 0.102. The SMILES string of the molecule is COc1ccc2c(c1)C(N(Cc1ccccc1)C(C)C)CCO2. The number of fused-ring (bicyclic) bond motifs is 1. The molecule has 0 saturated heterocycles. The predicted molar refractivity (Wildman–Crippen MR) is 93.0 cm³/mol. The Bertz CT molecular complexity index is 639. The molecule has 1 aliphatic heterocycles. The molecule has 3 nitrogen and oxygen atoms in total. The number of rotatable bonds is 5. The summed E-state index contributed by atoms with van der Waals surface area (Å²) in [6.07, 6.45) is 1.01. The normalized spacial score (nSPS) is 17.0. The van der Waals surface area contributed by atoms with E-state index in [1.165, 1.54) is 11.1 Å². The summed E-state index contributed by atoms with van der Waals surface area (Å²) in [7, 11) is 1.71. The Balaban J connectivity index is 1.92. The highest BCUT2D eigenvalue weighted by Crippen LogP contribution is 2.39. The average Bonchev–Trinajstić information content (AvgIpc) is 2.59. The molecule has 2 aromatic rings. The van der Waals surface area contributed by atoms with Crippen molar-refractivity contribution in [2.75, 3.05) is 13.7 Å². The zero-order valence-corrected chi connectivity index (χ0v) is 14.2. The molecule has 0 amide bonds. The van der Waals surface area contributed by atoms with Gasteiger partial charge in [0.2, 0.25) is 0 Å². The lowest BCUT2D eigenvalue weighted by Crippen LogP contribution is -2.37. The summed E-state index contributed by atoms with van der Waals surface area (Å²) >= 11 is 0. The summed E-state index contributed by atoms with van der Waals surface area (Å²) in [5.74, 6) is 1.88. The number of hydrogen-bond donors (Lipinski definition) is 0. The zero-order valence-electron chi connectivity index (χ0n) is 14.2. The lowest BCUT2D eigenvalue weighted by atomic mass is 9.96. The van der Waals surface area contributed by atoms with Gasteiger partial charge in [0.1, 0.15) is 11.5 Å². The lowest BCUT2D eigenvalue weighted by Gasteiger charge is -2.38. The van der Waals surface area contributed by atoms with E-state index in [-0.39, 0.29) is 0 Å². The van der Waals surface area contributed by atoms with Gasteiger partial charge in [-0.15, -0.1) is 0 Å². The Kier molecular flexibility index (Phi) is 4.87. The van der Waals surface area contributed by atoms with Crippen LogP contribution in [0.2, 0.25) is 0 Å². The van der Waals surface area contributed by atoms with Crippen LogP contribution >= 0.6 is 0 Å². The van der Waals surface area contributed by atoms with Gasteiger partial charge in [0.15, 0.2) is 0 Å². The number of nitrogens with zero attached hydrogens (tertiary/aromatic N) is 1. The third-order valence-electron chi connectivity index (χ3n) is 4.50.